The molecule has 2 aliphatic rings. The fraction of sp³-hybridized carbons (Fsp3) is 0.923. The molecule has 3 nitrogen and oxygen atoms in total. The Labute approximate surface area is 97.8 Å². The van der Waals surface area contributed by atoms with E-state index >= 15 is 0 Å². The Kier molecular flexibility index (Phi) is 2.99. The van der Waals surface area contributed by atoms with Gasteiger partial charge in [0.05, 0.1) is 6.10 Å². The molecule has 1 N–H and O–H groups in total. The lowest BCUT2D eigenvalue weighted by Crippen LogP contribution is -2.38. The summed E-state index contributed by atoms with van der Waals surface area (Å²) >= 11 is 0. The minimum atomic E-state index is -0.300. The molecule has 2 fully saturated rings. The maximum Gasteiger partial charge on any atom is 0.226 e. The number of carbonyl (C=O) groups excluding carboxylic acids is 1. The first-order valence-electron chi connectivity index (χ1n) is 6.40. The van der Waals surface area contributed by atoms with E-state index in [1.165, 1.54) is 0 Å². The Bertz CT molecular complexity index is 286. The van der Waals surface area contributed by atoms with E-state index in [0.717, 1.165) is 32.2 Å². The van der Waals surface area contributed by atoms with Gasteiger partial charge in [-0.15, -0.1) is 0 Å². The molecule has 1 amide bonds. The number of likely N-dealkylation sites (tertiary alicyclic amines) is 1. The number of hydrogen-bond donors (Lipinski definition) is 1. The van der Waals surface area contributed by atoms with Crippen LogP contribution in [0.25, 0.3) is 0 Å². The Morgan fingerprint density at radius 2 is 2.19 bits per heavy atom. The summed E-state index contributed by atoms with van der Waals surface area (Å²) in [5, 5.41) is 9.43. The van der Waals surface area contributed by atoms with Crippen LogP contribution in [0, 0.1) is 11.3 Å². The monoisotopic (exact) mass is 225 g/mol. The smallest absolute Gasteiger partial charge is 0.226 e. The molecular formula is C13H23NO2. The molecule has 0 aromatic heterocycles. The average Bonchev–Trinajstić information content (AvgIpc) is 2.59. The minimum Gasteiger partial charge on any atom is -0.393 e. The third kappa shape index (κ3) is 2.24. The fourth-order valence-electron chi connectivity index (χ4n) is 2.85. The molecule has 1 saturated carbocycles. The van der Waals surface area contributed by atoms with Crippen molar-refractivity contribution in [2.24, 2.45) is 11.3 Å². The SMILES string of the molecule is CC(O)CC1CCCN1C(=O)C1CC1(C)C. The van der Waals surface area contributed by atoms with Gasteiger partial charge >= 0.3 is 0 Å². The van der Waals surface area contributed by atoms with E-state index in [4.69, 9.17) is 0 Å². The van der Waals surface area contributed by atoms with Crippen LogP contribution in [-0.4, -0.2) is 34.6 Å². The van der Waals surface area contributed by atoms with Crippen molar-refractivity contribution in [3.05, 3.63) is 0 Å². The van der Waals surface area contributed by atoms with Gasteiger partial charge in [-0.3, -0.25) is 4.79 Å². The second kappa shape index (κ2) is 4.02. The van der Waals surface area contributed by atoms with E-state index in [9.17, 15) is 9.90 Å². The van der Waals surface area contributed by atoms with E-state index < -0.39 is 0 Å². The highest BCUT2D eigenvalue weighted by Gasteiger charge is 2.53. The van der Waals surface area contributed by atoms with E-state index in [1.807, 2.05) is 11.8 Å². The van der Waals surface area contributed by atoms with Gasteiger partial charge in [0, 0.05) is 18.5 Å². The van der Waals surface area contributed by atoms with Crippen LogP contribution >= 0.6 is 0 Å². The first kappa shape index (κ1) is 11.9. The van der Waals surface area contributed by atoms with E-state index in [2.05, 4.69) is 13.8 Å². The van der Waals surface area contributed by atoms with Crippen LogP contribution in [0.5, 0.6) is 0 Å². The Hall–Kier alpha value is -0.570. The quantitative estimate of drug-likeness (QED) is 0.795. The summed E-state index contributed by atoms with van der Waals surface area (Å²) in [5.74, 6) is 0.565. The molecule has 92 valence electrons. The maximum atomic E-state index is 12.3. The zero-order valence-corrected chi connectivity index (χ0v) is 10.6. The summed E-state index contributed by atoms with van der Waals surface area (Å²) in [4.78, 5) is 14.3. The van der Waals surface area contributed by atoms with Crippen molar-refractivity contribution in [3.63, 3.8) is 0 Å². The average molecular weight is 225 g/mol. The zero-order chi connectivity index (χ0) is 11.9. The van der Waals surface area contributed by atoms with Gasteiger partial charge in [0.15, 0.2) is 0 Å². The standard InChI is InChI=1S/C13H23NO2/c1-9(15)7-10-5-4-6-14(10)12(16)11-8-13(11,2)3/h9-11,15H,4-8H2,1-3H3. The zero-order valence-electron chi connectivity index (χ0n) is 10.6. The van der Waals surface area contributed by atoms with E-state index in [1.54, 1.807) is 0 Å². The maximum absolute atomic E-state index is 12.3. The van der Waals surface area contributed by atoms with Gasteiger partial charge in [-0.2, -0.15) is 0 Å². The van der Waals surface area contributed by atoms with Crippen molar-refractivity contribution < 1.29 is 9.90 Å². The van der Waals surface area contributed by atoms with Gasteiger partial charge in [-0.25, -0.2) is 0 Å². The van der Waals surface area contributed by atoms with Crippen molar-refractivity contribution in [1.82, 2.24) is 4.90 Å². The van der Waals surface area contributed by atoms with Crippen LogP contribution in [0.4, 0.5) is 0 Å². The van der Waals surface area contributed by atoms with Gasteiger partial charge in [-0.05, 0) is 38.0 Å². The third-order valence-electron chi connectivity index (χ3n) is 4.08. The van der Waals surface area contributed by atoms with Crippen LogP contribution in [-0.2, 0) is 4.79 Å². The van der Waals surface area contributed by atoms with Gasteiger partial charge in [0.25, 0.3) is 0 Å². The molecule has 0 aromatic carbocycles. The molecule has 1 saturated heterocycles. The summed E-state index contributed by atoms with van der Waals surface area (Å²) in [5.41, 5.74) is 0.217. The van der Waals surface area contributed by atoms with Gasteiger partial charge in [0.1, 0.15) is 0 Å². The summed E-state index contributed by atoms with van der Waals surface area (Å²) in [6.07, 6.45) is 3.62. The normalized spacial score (nSPS) is 33.9. The predicted octanol–water partition coefficient (Wildman–Crippen LogP) is 1.79. The largest absolute Gasteiger partial charge is 0.393 e. The van der Waals surface area contributed by atoms with Crippen LogP contribution in [0.2, 0.25) is 0 Å². The van der Waals surface area contributed by atoms with Gasteiger partial charge in [-0.1, -0.05) is 13.8 Å². The number of aliphatic hydroxyl groups excluding tert-OH is 1. The first-order valence-corrected chi connectivity index (χ1v) is 6.40. The fourth-order valence-corrected chi connectivity index (χ4v) is 2.85. The Balaban J connectivity index is 1.95. The number of rotatable bonds is 3. The molecule has 16 heavy (non-hydrogen) atoms. The molecule has 1 aliphatic carbocycles. The molecule has 0 spiro atoms. The molecule has 0 bridgehead atoms. The molecule has 0 aromatic rings. The van der Waals surface area contributed by atoms with Gasteiger partial charge < -0.3 is 10.0 Å². The third-order valence-corrected chi connectivity index (χ3v) is 4.08. The topological polar surface area (TPSA) is 40.5 Å². The first-order chi connectivity index (χ1) is 7.42. The van der Waals surface area contributed by atoms with Crippen molar-refractivity contribution >= 4 is 5.91 Å². The molecule has 3 atom stereocenters. The molecule has 1 aliphatic heterocycles. The highest BCUT2D eigenvalue weighted by atomic mass is 16.3. The predicted molar refractivity (Wildman–Crippen MR) is 62.9 cm³/mol. The van der Waals surface area contributed by atoms with Gasteiger partial charge in [0.2, 0.25) is 5.91 Å². The highest BCUT2D eigenvalue weighted by Crippen LogP contribution is 2.53. The van der Waals surface area contributed by atoms with Crippen molar-refractivity contribution in [3.8, 4) is 0 Å². The van der Waals surface area contributed by atoms with Crippen molar-refractivity contribution in [2.75, 3.05) is 6.54 Å². The van der Waals surface area contributed by atoms with E-state index in [-0.39, 0.29) is 23.5 Å². The number of amides is 1. The van der Waals surface area contributed by atoms with Crippen LogP contribution < -0.4 is 0 Å². The van der Waals surface area contributed by atoms with Crippen LogP contribution in [0.3, 0.4) is 0 Å². The summed E-state index contributed by atoms with van der Waals surface area (Å²) in [6, 6.07) is 0.281. The molecular weight excluding hydrogens is 202 g/mol. The summed E-state index contributed by atoms with van der Waals surface area (Å²) in [7, 11) is 0. The molecule has 3 heteroatoms. The molecule has 2 rings (SSSR count). The highest BCUT2D eigenvalue weighted by molar-refractivity contribution is 5.83. The second-order valence-corrected chi connectivity index (χ2v) is 6.16. The van der Waals surface area contributed by atoms with E-state index in [0.29, 0.717) is 5.91 Å². The Morgan fingerprint density at radius 1 is 1.56 bits per heavy atom. The van der Waals surface area contributed by atoms with Crippen molar-refractivity contribution in [1.29, 1.82) is 0 Å². The number of hydrogen-bond acceptors (Lipinski definition) is 2. The van der Waals surface area contributed by atoms with Crippen LogP contribution in [0.1, 0.15) is 46.5 Å². The number of carbonyl (C=O) groups is 1. The molecule has 1 heterocycles. The number of aliphatic hydroxyl groups is 1. The summed E-state index contributed by atoms with van der Waals surface area (Å²) < 4.78 is 0. The Morgan fingerprint density at radius 3 is 2.69 bits per heavy atom. The second-order valence-electron chi connectivity index (χ2n) is 6.16. The summed E-state index contributed by atoms with van der Waals surface area (Å²) in [6.45, 7) is 7.02. The lowest BCUT2D eigenvalue weighted by atomic mass is 10.1. The van der Waals surface area contributed by atoms with Crippen molar-refractivity contribution in [2.45, 2.75) is 58.6 Å². The number of nitrogens with zero attached hydrogens (tertiary/aromatic N) is 1. The minimum absolute atomic E-state index is 0.217. The molecule has 0 radical (unpaired) electrons. The lowest BCUT2D eigenvalue weighted by molar-refractivity contribution is -0.134. The molecule has 3 unspecified atom stereocenters. The van der Waals surface area contributed by atoms with Crippen LogP contribution in [0.15, 0.2) is 0 Å². The lowest BCUT2D eigenvalue weighted by Gasteiger charge is -2.26.